The number of fused-ring (bicyclic) bond motifs is 2. The summed E-state index contributed by atoms with van der Waals surface area (Å²) in [6, 6.07) is 18.3. The molecule has 3 aromatic heterocycles. The van der Waals surface area contributed by atoms with Gasteiger partial charge in [0.2, 0.25) is 0 Å². The van der Waals surface area contributed by atoms with Gasteiger partial charge in [-0.15, -0.1) is 0 Å². The van der Waals surface area contributed by atoms with Gasteiger partial charge in [0.05, 0.1) is 23.8 Å². The number of hydrogen-bond acceptors (Lipinski definition) is 4. The third-order valence-corrected chi connectivity index (χ3v) is 4.94. The van der Waals surface area contributed by atoms with Crippen molar-refractivity contribution in [2.45, 2.75) is 6.54 Å². The van der Waals surface area contributed by atoms with Gasteiger partial charge in [-0.3, -0.25) is 14.3 Å². The molecule has 0 spiro atoms. The Bertz CT molecular complexity index is 1430. The molecule has 0 unspecified atom stereocenters. The Morgan fingerprint density at radius 3 is 2.55 bits per heavy atom. The van der Waals surface area contributed by atoms with Gasteiger partial charge >= 0.3 is 0 Å². The molecule has 6 heteroatoms. The fraction of sp³-hybridized carbons (Fsp3) is 0.0435. The highest BCUT2D eigenvalue weighted by atomic mass is 19.1. The lowest BCUT2D eigenvalue weighted by Crippen LogP contribution is -2.21. The first-order valence-corrected chi connectivity index (χ1v) is 9.13. The third-order valence-electron chi connectivity index (χ3n) is 4.94. The first-order valence-electron chi connectivity index (χ1n) is 9.13. The maximum absolute atomic E-state index is 14.9. The number of benzene rings is 2. The fourth-order valence-electron chi connectivity index (χ4n) is 3.45. The number of halogens is 1. The monoisotopic (exact) mass is 382 g/mol. The second-order valence-electron chi connectivity index (χ2n) is 6.75. The van der Waals surface area contributed by atoms with Crippen LogP contribution in [0.5, 0.6) is 0 Å². The van der Waals surface area contributed by atoms with Crippen molar-refractivity contribution in [3.8, 4) is 11.1 Å². The topological polar surface area (TPSA) is 60.7 Å². The molecule has 3 heterocycles. The van der Waals surface area contributed by atoms with Crippen molar-refractivity contribution in [3.63, 3.8) is 0 Å². The van der Waals surface area contributed by atoms with Crippen LogP contribution in [0.1, 0.15) is 5.56 Å². The van der Waals surface area contributed by atoms with Gasteiger partial charge in [-0.2, -0.15) is 0 Å². The van der Waals surface area contributed by atoms with Crippen molar-refractivity contribution >= 4 is 22.1 Å². The van der Waals surface area contributed by atoms with Crippen LogP contribution < -0.4 is 5.56 Å². The van der Waals surface area contributed by atoms with Gasteiger partial charge in [0.15, 0.2) is 5.65 Å². The van der Waals surface area contributed by atoms with Crippen molar-refractivity contribution in [1.29, 1.82) is 0 Å². The highest BCUT2D eigenvalue weighted by Crippen LogP contribution is 2.25. The van der Waals surface area contributed by atoms with Crippen LogP contribution in [0.3, 0.4) is 0 Å². The Hall–Kier alpha value is -3.93. The number of hydrogen-bond donors (Lipinski definition) is 0. The van der Waals surface area contributed by atoms with E-state index in [-0.39, 0.29) is 17.9 Å². The van der Waals surface area contributed by atoms with Crippen LogP contribution in [0.2, 0.25) is 0 Å². The second kappa shape index (κ2) is 6.91. The zero-order valence-corrected chi connectivity index (χ0v) is 15.3. The van der Waals surface area contributed by atoms with Crippen LogP contribution in [0, 0.1) is 5.82 Å². The zero-order valence-electron chi connectivity index (χ0n) is 15.3. The number of rotatable bonds is 3. The lowest BCUT2D eigenvalue weighted by Gasteiger charge is -2.11. The minimum Gasteiger partial charge on any atom is -0.299 e. The Morgan fingerprint density at radius 2 is 1.66 bits per heavy atom. The van der Waals surface area contributed by atoms with Crippen molar-refractivity contribution in [2.75, 3.05) is 0 Å². The van der Waals surface area contributed by atoms with Crippen LogP contribution in [0.25, 0.3) is 33.2 Å². The maximum atomic E-state index is 14.9. The highest BCUT2D eigenvalue weighted by Gasteiger charge is 2.10. The molecular formula is C23H15FN4O. The van der Waals surface area contributed by atoms with Gasteiger partial charge in [-0.05, 0) is 47.5 Å². The summed E-state index contributed by atoms with van der Waals surface area (Å²) in [6.07, 6.45) is 4.57. The molecule has 0 N–H and O–H groups in total. The largest absolute Gasteiger partial charge is 0.299 e. The van der Waals surface area contributed by atoms with Gasteiger partial charge in [0.25, 0.3) is 5.56 Å². The van der Waals surface area contributed by atoms with Crippen molar-refractivity contribution in [2.24, 2.45) is 0 Å². The highest BCUT2D eigenvalue weighted by molar-refractivity contribution is 5.84. The Labute approximate surface area is 165 Å². The third kappa shape index (κ3) is 3.14. The molecule has 0 atom stereocenters. The van der Waals surface area contributed by atoms with Gasteiger partial charge in [0.1, 0.15) is 5.82 Å². The first-order chi connectivity index (χ1) is 14.2. The van der Waals surface area contributed by atoms with Crippen LogP contribution in [-0.4, -0.2) is 19.5 Å². The standard InChI is InChI=1S/C23H15FN4O/c24-19-12-16(15-7-8-20-17(11-15)3-1-9-25-20)5-6-18(19)14-28-21-4-2-10-26-23(21)27-13-22(28)29/h1-13H,14H2. The maximum Gasteiger partial charge on any atom is 0.269 e. The smallest absolute Gasteiger partial charge is 0.269 e. The van der Waals surface area contributed by atoms with Crippen LogP contribution in [-0.2, 0) is 6.54 Å². The van der Waals surface area contributed by atoms with E-state index in [9.17, 15) is 9.18 Å². The van der Waals surface area contributed by atoms with E-state index in [4.69, 9.17) is 0 Å². The van der Waals surface area contributed by atoms with E-state index in [0.29, 0.717) is 16.7 Å². The summed E-state index contributed by atoms with van der Waals surface area (Å²) >= 11 is 0. The molecule has 29 heavy (non-hydrogen) atoms. The zero-order chi connectivity index (χ0) is 19.8. The predicted octanol–water partition coefficient (Wildman–Crippen LogP) is 4.19. The molecule has 0 aliphatic rings. The van der Waals surface area contributed by atoms with Gasteiger partial charge in [0, 0.05) is 23.3 Å². The lowest BCUT2D eigenvalue weighted by atomic mass is 10.0. The molecule has 5 nitrogen and oxygen atoms in total. The average molecular weight is 382 g/mol. The van der Waals surface area contributed by atoms with Crippen LogP contribution in [0.4, 0.5) is 4.39 Å². The van der Waals surface area contributed by atoms with E-state index in [1.165, 1.54) is 16.8 Å². The molecule has 5 rings (SSSR count). The quantitative estimate of drug-likeness (QED) is 0.469. The molecule has 0 aliphatic carbocycles. The number of nitrogens with zero attached hydrogens (tertiary/aromatic N) is 4. The molecule has 0 saturated heterocycles. The normalized spacial score (nSPS) is 11.2. The average Bonchev–Trinajstić information content (AvgIpc) is 2.76. The van der Waals surface area contributed by atoms with Crippen LogP contribution >= 0.6 is 0 Å². The Morgan fingerprint density at radius 1 is 0.862 bits per heavy atom. The van der Waals surface area contributed by atoms with E-state index in [1.807, 2.05) is 36.4 Å². The minimum absolute atomic E-state index is 0.108. The van der Waals surface area contributed by atoms with E-state index < -0.39 is 0 Å². The molecule has 0 aliphatic heterocycles. The summed E-state index contributed by atoms with van der Waals surface area (Å²) in [5.41, 5.74) is 3.73. The number of pyridine rings is 2. The van der Waals surface area contributed by atoms with E-state index >= 15 is 0 Å². The van der Waals surface area contributed by atoms with Crippen molar-refractivity contribution in [3.05, 3.63) is 101 Å². The molecule has 0 saturated carbocycles. The minimum atomic E-state index is -0.366. The van der Waals surface area contributed by atoms with Crippen LogP contribution in [0.15, 0.2) is 84.0 Å². The first kappa shape index (κ1) is 17.2. The molecule has 0 amide bonds. The van der Waals surface area contributed by atoms with E-state index in [0.717, 1.165) is 22.0 Å². The SMILES string of the molecule is O=c1cnc2ncccc2n1Cc1ccc(-c2ccc3ncccc3c2)cc1F. The van der Waals surface area contributed by atoms with Crippen molar-refractivity contribution in [1.82, 2.24) is 19.5 Å². The molecule has 5 aromatic rings. The summed E-state index contributed by atoms with van der Waals surface area (Å²) < 4.78 is 16.4. The summed E-state index contributed by atoms with van der Waals surface area (Å²) in [4.78, 5) is 24.8. The van der Waals surface area contributed by atoms with Crippen molar-refractivity contribution < 1.29 is 4.39 Å². The molecule has 0 radical (unpaired) electrons. The Kier molecular flexibility index (Phi) is 4.09. The molecule has 2 aromatic carbocycles. The van der Waals surface area contributed by atoms with Gasteiger partial charge in [-0.1, -0.05) is 24.3 Å². The van der Waals surface area contributed by atoms with Gasteiger partial charge < -0.3 is 0 Å². The summed E-state index contributed by atoms with van der Waals surface area (Å²) in [7, 11) is 0. The summed E-state index contributed by atoms with van der Waals surface area (Å²) in [5, 5.41) is 0.997. The summed E-state index contributed by atoms with van der Waals surface area (Å²) in [5.74, 6) is -0.366. The molecule has 0 bridgehead atoms. The fourth-order valence-corrected chi connectivity index (χ4v) is 3.45. The molecule has 140 valence electrons. The molecular weight excluding hydrogens is 367 g/mol. The Balaban J connectivity index is 1.53. The lowest BCUT2D eigenvalue weighted by molar-refractivity contribution is 0.599. The second-order valence-corrected chi connectivity index (χ2v) is 6.75. The van der Waals surface area contributed by atoms with Gasteiger partial charge in [-0.25, -0.2) is 14.4 Å². The van der Waals surface area contributed by atoms with E-state index in [1.54, 1.807) is 30.6 Å². The summed E-state index contributed by atoms with van der Waals surface area (Å²) in [6.45, 7) is 0.108. The van der Waals surface area contributed by atoms with E-state index in [2.05, 4.69) is 15.0 Å². The number of aromatic nitrogens is 4. The predicted molar refractivity (Wildman–Crippen MR) is 110 cm³/mol. The molecule has 0 fully saturated rings.